The number of aliphatic imine (C=N–C) groups is 1. The van der Waals surface area contributed by atoms with Crippen molar-refractivity contribution in [3.8, 4) is 0 Å². The largest absolute Gasteiger partial charge is 0.370 e. The smallest absolute Gasteiger partial charge is 0.222 e. The summed E-state index contributed by atoms with van der Waals surface area (Å²) in [5.74, 6) is 0.801. The fourth-order valence-electron chi connectivity index (χ4n) is 3.15. The maximum absolute atomic E-state index is 12.1. The molecule has 1 aromatic heterocycles. The summed E-state index contributed by atoms with van der Waals surface area (Å²) in [6.45, 7) is 3.16. The Balaban J connectivity index is 1.43. The minimum Gasteiger partial charge on any atom is -0.370 e. The second-order valence-corrected chi connectivity index (χ2v) is 6.74. The van der Waals surface area contributed by atoms with Crippen molar-refractivity contribution in [3.05, 3.63) is 53.9 Å². The van der Waals surface area contributed by atoms with Gasteiger partial charge in [-0.25, -0.2) is 0 Å². The topological polar surface area (TPSA) is 83.8 Å². The van der Waals surface area contributed by atoms with Crippen molar-refractivity contribution in [1.29, 1.82) is 0 Å². The van der Waals surface area contributed by atoms with Crippen LogP contribution in [0.5, 0.6) is 0 Å². The number of amides is 1. The van der Waals surface area contributed by atoms with E-state index in [-0.39, 0.29) is 12.0 Å². The minimum atomic E-state index is -0.0322. The first-order valence-corrected chi connectivity index (χ1v) is 9.52. The third-order valence-electron chi connectivity index (χ3n) is 4.64. The molecule has 1 fully saturated rings. The van der Waals surface area contributed by atoms with Gasteiger partial charge in [0.15, 0.2) is 5.96 Å². The van der Waals surface area contributed by atoms with Crippen molar-refractivity contribution in [2.75, 3.05) is 33.3 Å². The van der Waals surface area contributed by atoms with Gasteiger partial charge in [-0.15, -0.1) is 0 Å². The fraction of sp³-hybridized carbons (Fsp3) is 0.450. The van der Waals surface area contributed by atoms with Crippen LogP contribution in [0.1, 0.15) is 23.7 Å². The Kier molecular flexibility index (Phi) is 7.02. The molecule has 1 aliphatic heterocycles. The quantitative estimate of drug-likeness (QED) is 0.575. The van der Waals surface area contributed by atoms with Crippen molar-refractivity contribution in [2.45, 2.75) is 19.1 Å². The van der Waals surface area contributed by atoms with Crippen LogP contribution in [0.15, 0.2) is 47.7 Å². The zero-order chi connectivity index (χ0) is 19.8. The summed E-state index contributed by atoms with van der Waals surface area (Å²) >= 11 is 0. The number of guanidine groups is 1. The van der Waals surface area contributed by atoms with Crippen LogP contribution in [0, 0.1) is 0 Å². The lowest BCUT2D eigenvalue weighted by molar-refractivity contribution is -0.121. The number of hydrogen-bond donors (Lipinski definition) is 2. The molecule has 8 nitrogen and oxygen atoms in total. The molecule has 2 aromatic rings. The van der Waals surface area contributed by atoms with E-state index in [2.05, 4.69) is 25.6 Å². The summed E-state index contributed by atoms with van der Waals surface area (Å²) in [6, 6.07) is 9.89. The molecule has 8 heteroatoms. The van der Waals surface area contributed by atoms with E-state index < -0.39 is 0 Å². The van der Waals surface area contributed by atoms with Gasteiger partial charge >= 0.3 is 0 Å². The van der Waals surface area contributed by atoms with Crippen LogP contribution in [-0.4, -0.2) is 59.8 Å². The molecule has 1 saturated heterocycles. The van der Waals surface area contributed by atoms with Gasteiger partial charge < -0.3 is 20.3 Å². The zero-order valence-electron chi connectivity index (χ0n) is 16.5. The molecule has 150 valence electrons. The SMILES string of the molecule is CN=C(NCCC(=O)NCc1ccccc1)N1CCOC(c2cnn(C)c2)C1. The van der Waals surface area contributed by atoms with Crippen LogP contribution in [-0.2, 0) is 23.1 Å². The Hall–Kier alpha value is -2.87. The summed E-state index contributed by atoms with van der Waals surface area (Å²) in [5, 5.41) is 10.4. The molecule has 28 heavy (non-hydrogen) atoms. The third kappa shape index (κ3) is 5.56. The van der Waals surface area contributed by atoms with E-state index in [1.807, 2.05) is 49.8 Å². The van der Waals surface area contributed by atoms with Gasteiger partial charge in [-0.2, -0.15) is 5.10 Å². The number of carbonyl (C=O) groups excluding carboxylic acids is 1. The number of aryl methyl sites for hydroxylation is 1. The van der Waals surface area contributed by atoms with Crippen LogP contribution in [0.3, 0.4) is 0 Å². The van der Waals surface area contributed by atoms with Crippen LogP contribution in [0.25, 0.3) is 0 Å². The molecule has 0 bridgehead atoms. The second kappa shape index (κ2) is 9.89. The standard InChI is InChI=1S/C20H28N6O2/c1-21-20(22-9-8-19(27)23-12-16-6-4-3-5-7-16)26-10-11-28-18(15-26)17-13-24-25(2)14-17/h3-7,13-14,18H,8-12,15H2,1-2H3,(H,21,22)(H,23,27). The van der Waals surface area contributed by atoms with Gasteiger partial charge in [0.05, 0.1) is 19.3 Å². The van der Waals surface area contributed by atoms with E-state index in [4.69, 9.17) is 4.74 Å². The first-order chi connectivity index (χ1) is 13.7. The number of carbonyl (C=O) groups is 1. The predicted octanol–water partition coefficient (Wildman–Crippen LogP) is 1.08. The average Bonchev–Trinajstić information content (AvgIpc) is 3.17. The number of morpholine rings is 1. The highest BCUT2D eigenvalue weighted by molar-refractivity contribution is 5.81. The number of nitrogens with one attached hydrogen (secondary N) is 2. The molecule has 2 heterocycles. The second-order valence-electron chi connectivity index (χ2n) is 6.74. The normalized spacial score (nSPS) is 17.4. The molecule has 1 aliphatic rings. The maximum atomic E-state index is 12.1. The molecule has 3 rings (SSSR count). The Morgan fingerprint density at radius 2 is 2.14 bits per heavy atom. The lowest BCUT2D eigenvalue weighted by atomic mass is 10.1. The summed E-state index contributed by atoms with van der Waals surface area (Å²) in [7, 11) is 3.65. The number of aromatic nitrogens is 2. The number of rotatable bonds is 6. The van der Waals surface area contributed by atoms with Gasteiger partial charge in [0, 0.05) is 51.9 Å². The van der Waals surface area contributed by atoms with Crippen molar-refractivity contribution < 1.29 is 9.53 Å². The number of ether oxygens (including phenoxy) is 1. The monoisotopic (exact) mass is 384 g/mol. The van der Waals surface area contributed by atoms with E-state index in [9.17, 15) is 4.79 Å². The van der Waals surface area contributed by atoms with E-state index in [1.165, 1.54) is 0 Å². The van der Waals surface area contributed by atoms with Crippen molar-refractivity contribution in [3.63, 3.8) is 0 Å². The molecular weight excluding hydrogens is 356 g/mol. The van der Waals surface area contributed by atoms with Gasteiger partial charge in [0.1, 0.15) is 6.10 Å². The molecule has 0 spiro atoms. The fourth-order valence-corrected chi connectivity index (χ4v) is 3.15. The van der Waals surface area contributed by atoms with E-state index >= 15 is 0 Å². The van der Waals surface area contributed by atoms with Gasteiger partial charge in [-0.05, 0) is 5.56 Å². The summed E-state index contributed by atoms with van der Waals surface area (Å²) in [4.78, 5) is 18.6. The Bertz CT molecular complexity index is 789. The van der Waals surface area contributed by atoms with Crippen LogP contribution in [0.4, 0.5) is 0 Å². The number of benzene rings is 1. The Morgan fingerprint density at radius 3 is 2.86 bits per heavy atom. The lowest BCUT2D eigenvalue weighted by Crippen LogP contribution is -2.48. The highest BCUT2D eigenvalue weighted by Gasteiger charge is 2.25. The lowest BCUT2D eigenvalue weighted by Gasteiger charge is -2.34. The molecule has 0 radical (unpaired) electrons. The highest BCUT2D eigenvalue weighted by Crippen LogP contribution is 2.21. The third-order valence-corrected chi connectivity index (χ3v) is 4.64. The van der Waals surface area contributed by atoms with Crippen molar-refractivity contribution >= 4 is 11.9 Å². The first-order valence-electron chi connectivity index (χ1n) is 9.52. The van der Waals surface area contributed by atoms with Gasteiger partial charge in [0.25, 0.3) is 0 Å². The number of hydrogen-bond acceptors (Lipinski definition) is 4. The predicted molar refractivity (Wildman–Crippen MR) is 108 cm³/mol. The molecular formula is C20H28N6O2. The summed E-state index contributed by atoms with van der Waals surface area (Å²) in [5.41, 5.74) is 2.15. The molecule has 2 N–H and O–H groups in total. The summed E-state index contributed by atoms with van der Waals surface area (Å²) < 4.78 is 7.65. The molecule has 1 aromatic carbocycles. The Morgan fingerprint density at radius 1 is 1.32 bits per heavy atom. The van der Waals surface area contributed by atoms with Gasteiger partial charge in [-0.1, -0.05) is 30.3 Å². The average molecular weight is 384 g/mol. The van der Waals surface area contributed by atoms with Crippen molar-refractivity contribution in [2.24, 2.45) is 12.0 Å². The van der Waals surface area contributed by atoms with E-state index in [0.29, 0.717) is 32.7 Å². The molecule has 1 unspecified atom stereocenters. The maximum Gasteiger partial charge on any atom is 0.222 e. The van der Waals surface area contributed by atoms with Gasteiger partial charge in [0.2, 0.25) is 5.91 Å². The highest BCUT2D eigenvalue weighted by atomic mass is 16.5. The molecule has 0 aliphatic carbocycles. The summed E-state index contributed by atoms with van der Waals surface area (Å²) in [6.07, 6.45) is 4.17. The number of nitrogens with zero attached hydrogens (tertiary/aromatic N) is 4. The zero-order valence-corrected chi connectivity index (χ0v) is 16.5. The Labute approximate surface area is 165 Å². The van der Waals surface area contributed by atoms with Crippen LogP contribution < -0.4 is 10.6 Å². The van der Waals surface area contributed by atoms with Crippen LogP contribution >= 0.6 is 0 Å². The first kappa shape index (κ1) is 19.9. The molecule has 1 amide bonds. The molecule has 1 atom stereocenters. The van der Waals surface area contributed by atoms with Crippen LogP contribution in [0.2, 0.25) is 0 Å². The van der Waals surface area contributed by atoms with Gasteiger partial charge in [-0.3, -0.25) is 14.5 Å². The van der Waals surface area contributed by atoms with Crippen molar-refractivity contribution in [1.82, 2.24) is 25.3 Å². The van der Waals surface area contributed by atoms with E-state index in [1.54, 1.807) is 11.7 Å². The van der Waals surface area contributed by atoms with E-state index in [0.717, 1.165) is 23.6 Å². The molecule has 0 saturated carbocycles. The minimum absolute atomic E-state index is 0.0158.